The Balaban J connectivity index is 1.96. The number of sulfone groups is 1. The van der Waals surface area contributed by atoms with Crippen LogP contribution in [0.5, 0.6) is 0 Å². The van der Waals surface area contributed by atoms with Gasteiger partial charge >= 0.3 is 0 Å². The summed E-state index contributed by atoms with van der Waals surface area (Å²) in [5, 5.41) is 11.3. The number of hydrogen-bond donors (Lipinski definition) is 0. The molecule has 3 aromatic rings. The summed E-state index contributed by atoms with van der Waals surface area (Å²) in [6, 6.07) is 12.1. The average molecular weight is 385 g/mol. The fraction of sp³-hybridized carbons (Fsp3) is 0.222. The van der Waals surface area contributed by atoms with Crippen LogP contribution in [-0.4, -0.2) is 34.4 Å². The topological polar surface area (TPSA) is 112 Å². The van der Waals surface area contributed by atoms with Gasteiger partial charge in [-0.25, -0.2) is 13.4 Å². The monoisotopic (exact) mass is 385 g/mol. The van der Waals surface area contributed by atoms with Crippen molar-refractivity contribution in [3.8, 4) is 11.4 Å². The summed E-state index contributed by atoms with van der Waals surface area (Å²) in [5.41, 5.74) is 0.633. The molecule has 0 spiro atoms. The van der Waals surface area contributed by atoms with Gasteiger partial charge < -0.3 is 0 Å². The van der Waals surface area contributed by atoms with E-state index in [0.717, 1.165) is 0 Å². The van der Waals surface area contributed by atoms with E-state index in [9.17, 15) is 23.3 Å². The van der Waals surface area contributed by atoms with Crippen molar-refractivity contribution < 1.29 is 13.3 Å². The Hall–Kier alpha value is -3.07. The molecule has 1 saturated heterocycles. The van der Waals surface area contributed by atoms with Gasteiger partial charge in [-0.3, -0.25) is 19.5 Å². The van der Waals surface area contributed by atoms with Gasteiger partial charge in [-0.05, 0) is 30.7 Å². The predicted molar refractivity (Wildman–Crippen MR) is 100 cm³/mol. The van der Waals surface area contributed by atoms with E-state index in [1.54, 1.807) is 24.3 Å². The number of non-ortho nitro benzene ring substituents is 1. The molecule has 0 N–H and O–H groups in total. The van der Waals surface area contributed by atoms with Crippen molar-refractivity contribution >= 4 is 26.4 Å². The number of nitro benzene ring substituents is 1. The number of rotatable bonds is 3. The van der Waals surface area contributed by atoms with Crippen LogP contribution in [0.15, 0.2) is 53.3 Å². The molecule has 1 aliphatic rings. The van der Waals surface area contributed by atoms with E-state index in [1.807, 2.05) is 0 Å². The second-order valence-electron chi connectivity index (χ2n) is 6.49. The van der Waals surface area contributed by atoms with Gasteiger partial charge in [-0.1, -0.05) is 12.1 Å². The molecule has 27 heavy (non-hydrogen) atoms. The summed E-state index contributed by atoms with van der Waals surface area (Å²) in [4.78, 5) is 28.1. The van der Waals surface area contributed by atoms with Crippen molar-refractivity contribution in [2.24, 2.45) is 0 Å². The largest absolute Gasteiger partial charge is 0.288 e. The van der Waals surface area contributed by atoms with Crippen LogP contribution in [0.1, 0.15) is 12.5 Å². The van der Waals surface area contributed by atoms with Crippen LogP contribution < -0.4 is 5.56 Å². The minimum Gasteiger partial charge on any atom is -0.288 e. The lowest BCUT2D eigenvalue weighted by molar-refractivity contribution is -0.384. The number of hydrogen-bond acceptors (Lipinski definition) is 6. The highest BCUT2D eigenvalue weighted by molar-refractivity contribution is 7.91. The number of nitrogens with zero attached hydrogens (tertiary/aromatic N) is 3. The highest BCUT2D eigenvalue weighted by Crippen LogP contribution is 2.29. The van der Waals surface area contributed by atoms with Gasteiger partial charge in [0.25, 0.3) is 11.2 Å². The summed E-state index contributed by atoms with van der Waals surface area (Å²) >= 11 is 0. The predicted octanol–water partition coefficient (Wildman–Crippen LogP) is 2.33. The number of nitro groups is 1. The van der Waals surface area contributed by atoms with Crippen LogP contribution in [-0.2, 0) is 9.84 Å². The minimum absolute atomic E-state index is 0.0244. The highest BCUT2D eigenvalue weighted by Gasteiger charge is 2.32. The number of para-hydroxylation sites is 1. The molecule has 2 aromatic carbocycles. The van der Waals surface area contributed by atoms with E-state index in [0.29, 0.717) is 28.7 Å². The van der Waals surface area contributed by atoms with Crippen LogP contribution in [0.2, 0.25) is 0 Å². The van der Waals surface area contributed by atoms with Crippen molar-refractivity contribution in [2.45, 2.75) is 12.5 Å². The molecule has 0 bridgehead atoms. The third-order valence-electron chi connectivity index (χ3n) is 4.72. The molecular formula is C18H15N3O5S. The lowest BCUT2D eigenvalue weighted by Crippen LogP contribution is -2.28. The first-order chi connectivity index (χ1) is 12.9. The van der Waals surface area contributed by atoms with E-state index in [1.165, 1.54) is 28.8 Å². The summed E-state index contributed by atoms with van der Waals surface area (Å²) in [6.07, 6.45) is 0.336. The molecule has 1 aromatic heterocycles. The number of aromatic nitrogens is 2. The maximum Gasteiger partial charge on any atom is 0.269 e. The Morgan fingerprint density at radius 2 is 1.81 bits per heavy atom. The zero-order valence-electron chi connectivity index (χ0n) is 14.1. The SMILES string of the molecule is O=c1c2ccccc2nc(-c2ccc([N+](=O)[O-])cc2)n1[C@@H]1CCS(=O)(=O)C1. The van der Waals surface area contributed by atoms with E-state index in [2.05, 4.69) is 4.98 Å². The lowest BCUT2D eigenvalue weighted by atomic mass is 10.1. The minimum atomic E-state index is -3.21. The van der Waals surface area contributed by atoms with E-state index in [4.69, 9.17) is 0 Å². The first-order valence-corrected chi connectivity index (χ1v) is 10.1. The molecule has 4 rings (SSSR count). The quantitative estimate of drug-likeness (QED) is 0.505. The van der Waals surface area contributed by atoms with Crippen LogP contribution in [0.3, 0.4) is 0 Å². The summed E-state index contributed by atoms with van der Waals surface area (Å²) in [6.45, 7) is 0. The van der Waals surface area contributed by atoms with E-state index >= 15 is 0 Å². The Morgan fingerprint density at radius 1 is 1.11 bits per heavy atom. The van der Waals surface area contributed by atoms with Gasteiger partial charge in [0, 0.05) is 17.7 Å². The van der Waals surface area contributed by atoms with Crippen LogP contribution in [0.4, 0.5) is 5.69 Å². The van der Waals surface area contributed by atoms with Crippen LogP contribution in [0.25, 0.3) is 22.3 Å². The molecule has 8 nitrogen and oxygen atoms in total. The molecule has 1 atom stereocenters. The van der Waals surface area contributed by atoms with Crippen LogP contribution in [0, 0.1) is 10.1 Å². The summed E-state index contributed by atoms with van der Waals surface area (Å²) < 4.78 is 25.3. The zero-order chi connectivity index (χ0) is 19.2. The van der Waals surface area contributed by atoms with Crippen molar-refractivity contribution in [3.63, 3.8) is 0 Å². The molecule has 0 aliphatic carbocycles. The lowest BCUT2D eigenvalue weighted by Gasteiger charge is -2.18. The molecular weight excluding hydrogens is 370 g/mol. The summed E-state index contributed by atoms with van der Waals surface area (Å²) in [5.74, 6) is 0.222. The molecule has 0 unspecified atom stereocenters. The van der Waals surface area contributed by atoms with Gasteiger partial charge in [0.05, 0.1) is 33.4 Å². The Labute approximate surface area is 154 Å². The van der Waals surface area contributed by atoms with Gasteiger partial charge in [-0.15, -0.1) is 0 Å². The van der Waals surface area contributed by atoms with E-state index < -0.39 is 20.8 Å². The molecule has 9 heteroatoms. The van der Waals surface area contributed by atoms with Crippen molar-refractivity contribution in [1.82, 2.24) is 9.55 Å². The van der Waals surface area contributed by atoms with Gasteiger partial charge in [0.2, 0.25) is 0 Å². The molecule has 0 amide bonds. The number of benzene rings is 2. The molecule has 0 saturated carbocycles. The smallest absolute Gasteiger partial charge is 0.269 e. The summed E-state index contributed by atoms with van der Waals surface area (Å²) in [7, 11) is -3.21. The second-order valence-corrected chi connectivity index (χ2v) is 8.72. The number of fused-ring (bicyclic) bond motifs is 1. The Kier molecular flexibility index (Phi) is 4.03. The fourth-order valence-electron chi connectivity index (χ4n) is 3.40. The normalized spacial score (nSPS) is 18.6. The molecule has 2 heterocycles. The fourth-order valence-corrected chi connectivity index (χ4v) is 5.10. The molecule has 0 radical (unpaired) electrons. The van der Waals surface area contributed by atoms with Gasteiger partial charge in [0.15, 0.2) is 9.84 Å². The maximum absolute atomic E-state index is 13.1. The first kappa shape index (κ1) is 17.3. The van der Waals surface area contributed by atoms with Gasteiger partial charge in [0.1, 0.15) is 5.82 Å². The molecule has 1 aliphatic heterocycles. The Morgan fingerprint density at radius 3 is 2.44 bits per heavy atom. The second kappa shape index (κ2) is 6.27. The van der Waals surface area contributed by atoms with Crippen molar-refractivity contribution in [1.29, 1.82) is 0 Å². The van der Waals surface area contributed by atoms with Crippen LogP contribution >= 0.6 is 0 Å². The van der Waals surface area contributed by atoms with Crippen molar-refractivity contribution in [2.75, 3.05) is 11.5 Å². The average Bonchev–Trinajstić information content (AvgIpc) is 3.01. The molecule has 1 fully saturated rings. The van der Waals surface area contributed by atoms with Crippen molar-refractivity contribution in [3.05, 3.63) is 69.0 Å². The highest BCUT2D eigenvalue weighted by atomic mass is 32.2. The molecule has 138 valence electrons. The standard InChI is InChI=1S/C18H15N3O5S/c22-18-15-3-1-2-4-16(15)19-17(12-5-7-13(8-6-12)21(23)24)20(18)14-9-10-27(25,26)11-14/h1-8,14H,9-11H2/t14-/m1/s1. The third kappa shape index (κ3) is 3.10. The maximum atomic E-state index is 13.1. The van der Waals surface area contributed by atoms with E-state index in [-0.39, 0.29) is 22.8 Å². The first-order valence-electron chi connectivity index (χ1n) is 8.32. The Bertz CT molecular complexity index is 1220. The zero-order valence-corrected chi connectivity index (χ0v) is 14.9. The third-order valence-corrected chi connectivity index (χ3v) is 6.47. The van der Waals surface area contributed by atoms with Gasteiger partial charge in [-0.2, -0.15) is 0 Å².